The Kier molecular flexibility index (Phi) is 15.8. The number of methoxy groups -OCH3 is 2. The van der Waals surface area contributed by atoms with Crippen molar-refractivity contribution in [3.63, 3.8) is 0 Å². The number of hydrogen-bond acceptors (Lipinski definition) is 10. The van der Waals surface area contributed by atoms with Crippen LogP contribution in [0.25, 0.3) is 0 Å². The molecule has 1 saturated carbocycles. The molecule has 2 aromatic rings. The highest BCUT2D eigenvalue weighted by Crippen LogP contribution is 2.45. The first-order valence-corrected chi connectivity index (χ1v) is 22.2. The predicted octanol–water partition coefficient (Wildman–Crippen LogP) is 1.79. The van der Waals surface area contributed by atoms with Crippen LogP contribution in [-0.2, 0) is 55.9 Å². The summed E-state index contributed by atoms with van der Waals surface area (Å²) in [6, 6.07) is 11.4. The maximum absolute atomic E-state index is 14.4. The quantitative estimate of drug-likeness (QED) is 0.115. The fourth-order valence-electron chi connectivity index (χ4n) is 9.42. The van der Waals surface area contributed by atoms with Crippen molar-refractivity contribution >= 4 is 47.5 Å². The minimum atomic E-state index is -1.10. The summed E-state index contributed by atoms with van der Waals surface area (Å²) in [5.74, 6) is -4.90. The predicted molar refractivity (Wildman–Crippen MR) is 234 cm³/mol. The summed E-state index contributed by atoms with van der Waals surface area (Å²) < 4.78 is 9.83. The van der Waals surface area contributed by atoms with Crippen LogP contribution < -0.4 is 26.6 Å². The maximum atomic E-state index is 14.4. The van der Waals surface area contributed by atoms with Crippen LogP contribution in [0.1, 0.15) is 64.0 Å². The van der Waals surface area contributed by atoms with E-state index in [-0.39, 0.29) is 43.0 Å². The van der Waals surface area contributed by atoms with Gasteiger partial charge in [-0.2, -0.15) is 0 Å². The summed E-state index contributed by atoms with van der Waals surface area (Å²) in [5.41, 5.74) is 1.58. The lowest BCUT2D eigenvalue weighted by atomic mass is 9.87. The molecule has 2 unspecified atom stereocenters. The molecule has 2 aliphatic heterocycles. The summed E-state index contributed by atoms with van der Waals surface area (Å²) in [7, 11) is 2.48. The zero-order valence-electron chi connectivity index (χ0n) is 37.1. The monoisotopic (exact) mass is 883 g/mol. The van der Waals surface area contributed by atoms with Crippen molar-refractivity contribution in [1.82, 2.24) is 36.4 Å². The molecule has 2 bridgehead atoms. The van der Waals surface area contributed by atoms with E-state index in [9.17, 15) is 38.4 Å². The van der Waals surface area contributed by atoms with Crippen LogP contribution in [0, 0.1) is 23.7 Å². The Balaban J connectivity index is 1.11. The summed E-state index contributed by atoms with van der Waals surface area (Å²) in [4.78, 5) is 111. The molecule has 17 heteroatoms. The Morgan fingerprint density at radius 3 is 1.78 bits per heavy atom. The Labute approximate surface area is 373 Å². The molecule has 2 saturated heterocycles. The van der Waals surface area contributed by atoms with Gasteiger partial charge >= 0.3 is 18.0 Å². The van der Waals surface area contributed by atoms with E-state index in [1.165, 1.54) is 26.0 Å². The van der Waals surface area contributed by atoms with Crippen molar-refractivity contribution in [3.05, 3.63) is 83.9 Å². The first-order valence-electron chi connectivity index (χ1n) is 22.2. The van der Waals surface area contributed by atoms with E-state index in [1.807, 2.05) is 72.8 Å². The van der Waals surface area contributed by atoms with Gasteiger partial charge in [0.1, 0.15) is 36.3 Å². The number of likely N-dealkylation sites (tertiary alicyclic amines) is 2. The van der Waals surface area contributed by atoms with Crippen molar-refractivity contribution in [1.29, 1.82) is 0 Å². The highest BCUT2D eigenvalue weighted by atomic mass is 16.5. The number of carbonyl (C=O) groups excluding carboxylic acids is 8. The van der Waals surface area contributed by atoms with E-state index in [1.54, 1.807) is 18.7 Å². The van der Waals surface area contributed by atoms with E-state index in [0.717, 1.165) is 11.1 Å². The highest BCUT2D eigenvalue weighted by Gasteiger charge is 2.52. The zero-order valence-corrected chi connectivity index (χ0v) is 37.1. The van der Waals surface area contributed by atoms with Crippen molar-refractivity contribution in [2.45, 2.75) is 108 Å². The molecule has 4 aliphatic rings. The van der Waals surface area contributed by atoms with Crippen LogP contribution in [-0.4, -0.2) is 127 Å². The molecule has 3 fully saturated rings. The highest BCUT2D eigenvalue weighted by molar-refractivity contribution is 5.96. The molecular formula is C47H61N7O10. The number of fused-ring (bicyclic) bond motifs is 2. The minimum absolute atomic E-state index is 0.119. The Morgan fingerprint density at radius 1 is 0.641 bits per heavy atom. The molecule has 2 heterocycles. The number of ether oxygens (including phenoxy) is 2. The van der Waals surface area contributed by atoms with Crippen LogP contribution >= 0.6 is 0 Å². The number of amides is 7. The second-order valence-electron chi connectivity index (χ2n) is 17.5. The van der Waals surface area contributed by atoms with E-state index < -0.39 is 89.8 Å². The molecule has 6 rings (SSSR count). The number of urea groups is 1. The molecule has 5 N–H and O–H groups in total. The second kappa shape index (κ2) is 21.4. The van der Waals surface area contributed by atoms with E-state index in [2.05, 4.69) is 26.6 Å². The van der Waals surface area contributed by atoms with Gasteiger partial charge < -0.3 is 45.9 Å². The molecule has 7 amide bonds. The van der Waals surface area contributed by atoms with Crippen molar-refractivity contribution in [2.24, 2.45) is 23.7 Å². The van der Waals surface area contributed by atoms with Crippen molar-refractivity contribution < 1.29 is 47.8 Å². The van der Waals surface area contributed by atoms with E-state index in [4.69, 9.17) is 9.47 Å². The standard InChI is InChI=1S/C47H61N7O10/c1-27(2)38(46(61)64-5)51-40(55)28(3)48-42(57)35-18-12-22-53(35)44(59)37-31-20-21-32(26-31)39(37)52-47(62)54-23-13-19-36(54)43(58)49-33(24-29-14-8-6-9-15-29)41(56)50-34(45(60)63-4)25-30-16-10-7-11-17-30/h6-11,14-17,20-21,27-28,31-39H,12-13,18-19,22-26H2,1-5H3,(H,48,57)(H,49,58)(H,50,56)(H,51,55)(H,52,62)/t28-,31?,32?,33-,34-,35-,36-,37-,38-,39-/m0/s1. The van der Waals surface area contributed by atoms with Gasteiger partial charge in [0.2, 0.25) is 29.5 Å². The summed E-state index contributed by atoms with van der Waals surface area (Å²) >= 11 is 0. The SMILES string of the molecule is COC(=O)[C@H](Cc1ccccc1)NC(=O)[C@H](Cc1ccccc1)NC(=O)[C@@H]1CCCN1C(=O)N[C@H]1C2C=CC(C2)[C@@H]1C(=O)N1CCC[C@H]1C(=O)N[C@@H](C)C(=O)N[C@H](C(=O)OC)C(C)C. The Bertz CT molecular complexity index is 2070. The summed E-state index contributed by atoms with van der Waals surface area (Å²) in [6.07, 6.45) is 6.74. The third kappa shape index (κ3) is 11.1. The van der Waals surface area contributed by atoms with Gasteiger partial charge in [0.15, 0.2) is 0 Å². The van der Waals surface area contributed by atoms with Gasteiger partial charge in [-0.05, 0) is 67.9 Å². The number of allylic oxidation sites excluding steroid dienone is 1. The average Bonchev–Trinajstić information content (AvgIpc) is 4.13. The van der Waals surface area contributed by atoms with E-state index in [0.29, 0.717) is 38.6 Å². The second-order valence-corrected chi connectivity index (χ2v) is 17.5. The average molecular weight is 884 g/mol. The van der Waals surface area contributed by atoms with Crippen molar-refractivity contribution in [2.75, 3.05) is 27.3 Å². The number of hydrogen-bond donors (Lipinski definition) is 5. The number of esters is 2. The number of nitrogens with one attached hydrogen (secondary N) is 5. The lowest BCUT2D eigenvalue weighted by molar-refractivity contribution is -0.147. The molecule has 64 heavy (non-hydrogen) atoms. The number of nitrogens with zero attached hydrogens (tertiary/aromatic N) is 2. The van der Waals surface area contributed by atoms with E-state index >= 15 is 0 Å². The van der Waals surface area contributed by atoms with Gasteiger partial charge in [0.05, 0.1) is 20.1 Å². The molecule has 10 atom stereocenters. The van der Waals surface area contributed by atoms with Crippen molar-refractivity contribution in [3.8, 4) is 0 Å². The molecule has 0 aromatic heterocycles. The fourth-order valence-corrected chi connectivity index (χ4v) is 9.42. The van der Waals surface area contributed by atoms with Gasteiger partial charge in [-0.25, -0.2) is 14.4 Å². The van der Waals surface area contributed by atoms with Crippen LogP contribution in [0.2, 0.25) is 0 Å². The van der Waals surface area contributed by atoms with Gasteiger partial charge in [-0.1, -0.05) is 86.7 Å². The topological polar surface area (TPSA) is 222 Å². The van der Waals surface area contributed by atoms with Crippen LogP contribution in [0.3, 0.4) is 0 Å². The van der Waals surface area contributed by atoms with Gasteiger partial charge in [0.25, 0.3) is 0 Å². The maximum Gasteiger partial charge on any atom is 0.328 e. The van der Waals surface area contributed by atoms with Gasteiger partial charge in [0, 0.05) is 32.0 Å². The zero-order chi connectivity index (χ0) is 46.1. The molecule has 2 aliphatic carbocycles. The largest absolute Gasteiger partial charge is 0.467 e. The lowest BCUT2D eigenvalue weighted by Gasteiger charge is -2.35. The molecular weight excluding hydrogens is 823 g/mol. The number of carbonyl (C=O) groups is 8. The third-order valence-corrected chi connectivity index (χ3v) is 12.9. The fraction of sp³-hybridized carbons (Fsp3) is 0.532. The van der Waals surface area contributed by atoms with Crippen LogP contribution in [0.15, 0.2) is 72.8 Å². The molecule has 17 nitrogen and oxygen atoms in total. The molecule has 344 valence electrons. The third-order valence-electron chi connectivity index (χ3n) is 12.9. The number of benzene rings is 2. The normalized spacial score (nSPS) is 24.0. The summed E-state index contributed by atoms with van der Waals surface area (Å²) in [6.45, 7) is 5.63. The van der Waals surface area contributed by atoms with Crippen LogP contribution in [0.5, 0.6) is 0 Å². The molecule has 0 radical (unpaired) electrons. The smallest absolute Gasteiger partial charge is 0.328 e. The Hall–Kier alpha value is -6.26. The minimum Gasteiger partial charge on any atom is -0.467 e. The van der Waals surface area contributed by atoms with Crippen LogP contribution in [0.4, 0.5) is 4.79 Å². The summed E-state index contributed by atoms with van der Waals surface area (Å²) in [5, 5.41) is 14.1. The molecule has 0 spiro atoms. The first-order chi connectivity index (χ1) is 30.7. The first kappa shape index (κ1) is 47.2. The Morgan fingerprint density at radius 2 is 1.19 bits per heavy atom. The number of rotatable bonds is 17. The molecule has 2 aromatic carbocycles. The van der Waals surface area contributed by atoms with Gasteiger partial charge in [-0.15, -0.1) is 0 Å². The lowest BCUT2D eigenvalue weighted by Crippen LogP contribution is -2.59. The van der Waals surface area contributed by atoms with Gasteiger partial charge in [-0.3, -0.25) is 24.0 Å².